The lowest BCUT2D eigenvalue weighted by atomic mass is 10.1. The highest BCUT2D eigenvalue weighted by atomic mass is 19.4. The molecule has 0 unspecified atom stereocenters. The molecule has 180 valence electrons. The Balaban J connectivity index is 1.83. The number of amides is 2. The minimum atomic E-state index is -5.05. The smallest absolute Gasteiger partial charge is 0.433 e. The Morgan fingerprint density at radius 2 is 1.62 bits per heavy atom. The van der Waals surface area contributed by atoms with Crippen LogP contribution in [0.4, 0.5) is 48.2 Å². The predicted octanol–water partition coefficient (Wildman–Crippen LogP) is 4.40. The summed E-state index contributed by atoms with van der Waals surface area (Å²) >= 11 is 0. The van der Waals surface area contributed by atoms with Crippen LogP contribution in [0.25, 0.3) is 0 Å². The zero-order chi connectivity index (χ0) is 25.3. The Labute approximate surface area is 187 Å². The van der Waals surface area contributed by atoms with E-state index in [0.29, 0.717) is 11.0 Å². The quantitative estimate of drug-likeness (QED) is 0.550. The van der Waals surface area contributed by atoms with E-state index < -0.39 is 60.0 Å². The van der Waals surface area contributed by atoms with E-state index in [0.717, 1.165) is 12.1 Å². The van der Waals surface area contributed by atoms with Gasteiger partial charge in [0, 0.05) is 17.1 Å². The summed E-state index contributed by atoms with van der Waals surface area (Å²) in [5.41, 5.74) is -2.43. The molecule has 0 aliphatic carbocycles. The van der Waals surface area contributed by atoms with Gasteiger partial charge in [-0.05, 0) is 42.5 Å². The van der Waals surface area contributed by atoms with Crippen LogP contribution >= 0.6 is 0 Å². The number of rotatable bonds is 4. The summed E-state index contributed by atoms with van der Waals surface area (Å²) in [4.78, 5) is 23.6. The number of carbonyl (C=O) groups is 2. The van der Waals surface area contributed by atoms with Gasteiger partial charge in [-0.1, -0.05) is 0 Å². The number of carbonyl (C=O) groups excluding carboxylic acids is 1. The number of nitriles is 1. The second-order valence-corrected chi connectivity index (χ2v) is 7.01. The number of anilines is 3. The minimum absolute atomic E-state index is 0.115. The lowest BCUT2D eigenvalue weighted by Crippen LogP contribution is -2.42. The van der Waals surface area contributed by atoms with Crippen LogP contribution in [0, 0.1) is 11.3 Å². The van der Waals surface area contributed by atoms with Crippen LogP contribution in [0.1, 0.15) is 11.1 Å². The van der Waals surface area contributed by atoms with E-state index in [1.54, 1.807) is 0 Å². The highest BCUT2D eigenvalue weighted by Crippen LogP contribution is 2.39. The van der Waals surface area contributed by atoms with Crippen LogP contribution in [-0.4, -0.2) is 42.2 Å². The third-order valence-electron chi connectivity index (χ3n) is 4.68. The van der Waals surface area contributed by atoms with Crippen molar-refractivity contribution in [2.45, 2.75) is 24.7 Å². The fourth-order valence-corrected chi connectivity index (χ4v) is 3.21. The first-order chi connectivity index (χ1) is 15.8. The van der Waals surface area contributed by atoms with Crippen molar-refractivity contribution in [1.29, 1.82) is 5.26 Å². The molecule has 0 saturated carbocycles. The van der Waals surface area contributed by atoms with Crippen LogP contribution in [-0.2, 0) is 15.7 Å². The number of hydrogen-bond donors (Lipinski definition) is 3. The maximum absolute atomic E-state index is 13.6. The maximum Gasteiger partial charge on any atom is 0.433 e. The number of carboxylic acid groups (broad SMARTS) is 1. The van der Waals surface area contributed by atoms with Gasteiger partial charge in [-0.25, -0.2) is 4.79 Å². The van der Waals surface area contributed by atoms with Crippen molar-refractivity contribution < 1.29 is 45.8 Å². The molecule has 34 heavy (non-hydrogen) atoms. The summed E-state index contributed by atoms with van der Waals surface area (Å²) in [6, 6.07) is 8.54. The fraction of sp³-hybridized carbons (Fsp3) is 0.250. The van der Waals surface area contributed by atoms with Crippen LogP contribution in [0.15, 0.2) is 42.5 Å². The first kappa shape index (κ1) is 24.6. The molecule has 2 atom stereocenters. The summed E-state index contributed by atoms with van der Waals surface area (Å²) in [6.45, 7) is -0.724. The lowest BCUT2D eigenvalue weighted by Gasteiger charge is -2.27. The molecule has 1 aliphatic rings. The molecule has 8 nitrogen and oxygen atoms in total. The number of ether oxygens (including phenoxy) is 1. The average molecular weight is 488 g/mol. The number of nitrogens with one attached hydrogen (secondary N) is 2. The normalized spacial score (nSPS) is 18.3. The summed E-state index contributed by atoms with van der Waals surface area (Å²) in [7, 11) is 0. The van der Waals surface area contributed by atoms with Crippen molar-refractivity contribution in [2.75, 3.05) is 22.1 Å². The molecule has 2 amide bonds. The molecule has 2 aromatic rings. The molecular formula is C20H14F6N4O4. The van der Waals surface area contributed by atoms with Gasteiger partial charge in [0.25, 0.3) is 5.91 Å². The number of alkyl halides is 6. The molecule has 14 heteroatoms. The zero-order valence-electron chi connectivity index (χ0n) is 16.7. The Bertz CT molecular complexity index is 1130. The van der Waals surface area contributed by atoms with Crippen molar-refractivity contribution in [1.82, 2.24) is 0 Å². The van der Waals surface area contributed by atoms with Crippen LogP contribution in [0.3, 0.4) is 0 Å². The molecule has 3 rings (SSSR count). The molecule has 0 radical (unpaired) electrons. The summed E-state index contributed by atoms with van der Waals surface area (Å²) < 4.78 is 85.3. The summed E-state index contributed by atoms with van der Waals surface area (Å²) in [6.07, 6.45) is -15.8. The Hall–Kier alpha value is -3.99. The largest absolute Gasteiger partial charge is 0.465 e. The van der Waals surface area contributed by atoms with Gasteiger partial charge in [0.05, 0.1) is 23.7 Å². The van der Waals surface area contributed by atoms with Crippen molar-refractivity contribution in [3.05, 3.63) is 53.6 Å². The van der Waals surface area contributed by atoms with E-state index in [1.165, 1.54) is 30.3 Å². The van der Waals surface area contributed by atoms with Crippen molar-refractivity contribution >= 4 is 29.1 Å². The van der Waals surface area contributed by atoms with Gasteiger partial charge >= 0.3 is 18.4 Å². The van der Waals surface area contributed by atoms with E-state index >= 15 is 0 Å². The SMILES string of the molecule is N#Cc1ccc(N2C[C@@H](C(=O)Nc3ccc(NC(=O)O)cc3)O[C@@H]2C(F)(F)F)cc1C(F)(F)F. The zero-order valence-corrected chi connectivity index (χ0v) is 16.7. The molecule has 1 saturated heterocycles. The average Bonchev–Trinajstić information content (AvgIpc) is 3.20. The van der Waals surface area contributed by atoms with E-state index in [-0.39, 0.29) is 11.4 Å². The van der Waals surface area contributed by atoms with Crippen LogP contribution in [0.5, 0.6) is 0 Å². The van der Waals surface area contributed by atoms with Crippen LogP contribution < -0.4 is 15.5 Å². The molecule has 1 fully saturated rings. The second-order valence-electron chi connectivity index (χ2n) is 7.01. The summed E-state index contributed by atoms with van der Waals surface area (Å²) in [5, 5.41) is 21.9. The fourth-order valence-electron chi connectivity index (χ4n) is 3.21. The van der Waals surface area contributed by atoms with Gasteiger partial charge in [-0.15, -0.1) is 0 Å². The molecule has 1 aliphatic heterocycles. The van der Waals surface area contributed by atoms with Crippen LogP contribution in [0.2, 0.25) is 0 Å². The first-order valence-electron chi connectivity index (χ1n) is 9.30. The van der Waals surface area contributed by atoms with E-state index in [2.05, 4.69) is 10.6 Å². The predicted molar refractivity (Wildman–Crippen MR) is 105 cm³/mol. The highest BCUT2D eigenvalue weighted by molar-refractivity contribution is 5.95. The van der Waals surface area contributed by atoms with Gasteiger partial charge in [0.15, 0.2) is 6.10 Å². The van der Waals surface area contributed by atoms with Gasteiger partial charge in [0.1, 0.15) is 0 Å². The maximum atomic E-state index is 13.6. The Kier molecular flexibility index (Phi) is 6.60. The molecule has 3 N–H and O–H groups in total. The van der Waals surface area contributed by atoms with Gasteiger partial charge < -0.3 is 20.1 Å². The number of halogens is 6. The number of nitrogens with zero attached hydrogens (tertiary/aromatic N) is 2. The third kappa shape index (κ3) is 5.49. The minimum Gasteiger partial charge on any atom is -0.465 e. The van der Waals surface area contributed by atoms with Gasteiger partial charge in [-0.2, -0.15) is 31.6 Å². The molecule has 1 heterocycles. The van der Waals surface area contributed by atoms with Gasteiger partial charge in [-0.3, -0.25) is 10.1 Å². The van der Waals surface area contributed by atoms with E-state index in [9.17, 15) is 35.9 Å². The number of benzene rings is 2. The molecule has 0 spiro atoms. The van der Waals surface area contributed by atoms with E-state index in [1.807, 2.05) is 0 Å². The number of hydrogen-bond acceptors (Lipinski definition) is 5. The topological polar surface area (TPSA) is 115 Å². The van der Waals surface area contributed by atoms with Crippen molar-refractivity contribution in [2.24, 2.45) is 0 Å². The van der Waals surface area contributed by atoms with Gasteiger partial charge in [0.2, 0.25) is 6.23 Å². The van der Waals surface area contributed by atoms with Crippen molar-refractivity contribution in [3.8, 4) is 6.07 Å². The third-order valence-corrected chi connectivity index (χ3v) is 4.68. The van der Waals surface area contributed by atoms with Crippen molar-refractivity contribution in [3.63, 3.8) is 0 Å². The lowest BCUT2D eigenvalue weighted by molar-refractivity contribution is -0.212. The summed E-state index contributed by atoms with van der Waals surface area (Å²) in [5.74, 6) is -1.000. The standard InChI is InChI=1S/C20H14F6N4O4/c21-19(22,23)14-7-13(6-1-10(14)8-27)30-9-15(34-17(30)20(24,25)26)16(31)28-11-2-4-12(5-3-11)29-18(32)33/h1-7,15,17,29H,9H2,(H,28,31)(H,32,33)/t15-,17+/m0/s1. The molecule has 2 aromatic carbocycles. The monoisotopic (exact) mass is 488 g/mol. The second kappa shape index (κ2) is 9.10. The van der Waals surface area contributed by atoms with E-state index in [4.69, 9.17) is 15.1 Å². The first-order valence-corrected chi connectivity index (χ1v) is 9.30. The molecular weight excluding hydrogens is 474 g/mol. The molecule has 0 bridgehead atoms. The Morgan fingerprint density at radius 1 is 1.03 bits per heavy atom. The Morgan fingerprint density at radius 3 is 2.12 bits per heavy atom. The highest BCUT2D eigenvalue weighted by Gasteiger charge is 2.52. The molecule has 0 aromatic heterocycles.